The highest BCUT2D eigenvalue weighted by molar-refractivity contribution is 4.79. The highest BCUT2D eigenvalue weighted by atomic mass is 16.7. The molecule has 0 saturated heterocycles. The van der Waals surface area contributed by atoms with E-state index < -0.39 is 0 Å². The van der Waals surface area contributed by atoms with Crippen LogP contribution in [0.15, 0.2) is 12.3 Å². The molecule has 0 fully saturated rings. The lowest BCUT2D eigenvalue weighted by atomic mass is 10.2. The summed E-state index contributed by atoms with van der Waals surface area (Å²) in [7, 11) is 0. The van der Waals surface area contributed by atoms with Gasteiger partial charge in [-0.1, -0.05) is 6.92 Å². The van der Waals surface area contributed by atoms with Crippen LogP contribution in [0.2, 0.25) is 0 Å². The number of hydrogen-bond acceptors (Lipinski definition) is 2. The fourth-order valence-corrected chi connectivity index (χ4v) is 0.967. The molecule has 0 bridgehead atoms. The summed E-state index contributed by atoms with van der Waals surface area (Å²) in [6.45, 7) is 4.19. The Balaban J connectivity index is 2.20. The molecule has 1 rings (SSSR count). The minimum absolute atomic E-state index is 0.00468. The van der Waals surface area contributed by atoms with Gasteiger partial charge in [0.05, 0.1) is 12.4 Å². The minimum atomic E-state index is -0.00468. The van der Waals surface area contributed by atoms with E-state index in [0.29, 0.717) is 6.10 Å². The molecule has 0 N–H and O–H groups in total. The third-order valence-electron chi connectivity index (χ3n) is 1.85. The van der Waals surface area contributed by atoms with Crippen LogP contribution in [-0.4, -0.2) is 12.4 Å². The molecule has 0 aromatic carbocycles. The summed E-state index contributed by atoms with van der Waals surface area (Å²) < 4.78 is 10.8. The van der Waals surface area contributed by atoms with Gasteiger partial charge in [0.1, 0.15) is 0 Å². The predicted molar refractivity (Wildman–Crippen MR) is 44.1 cm³/mol. The van der Waals surface area contributed by atoms with Crippen LogP contribution in [0.3, 0.4) is 0 Å². The average Bonchev–Trinajstić information content (AvgIpc) is 2.06. The summed E-state index contributed by atoms with van der Waals surface area (Å²) in [5, 5.41) is 0. The van der Waals surface area contributed by atoms with Crippen molar-refractivity contribution in [2.24, 2.45) is 0 Å². The Kier molecular flexibility index (Phi) is 3.43. The second-order valence-electron chi connectivity index (χ2n) is 2.87. The molecule has 0 aromatic heterocycles. The van der Waals surface area contributed by atoms with Crippen LogP contribution in [0.1, 0.15) is 33.1 Å². The quantitative estimate of drug-likeness (QED) is 0.625. The van der Waals surface area contributed by atoms with Crippen LogP contribution < -0.4 is 0 Å². The topological polar surface area (TPSA) is 18.5 Å². The van der Waals surface area contributed by atoms with Crippen LogP contribution in [-0.2, 0) is 9.47 Å². The molecule has 0 radical (unpaired) electrons. The van der Waals surface area contributed by atoms with E-state index >= 15 is 0 Å². The molecule has 2 unspecified atom stereocenters. The normalized spacial score (nSPS) is 26.2. The van der Waals surface area contributed by atoms with Crippen LogP contribution in [0, 0.1) is 0 Å². The lowest BCUT2D eigenvalue weighted by Crippen LogP contribution is -2.22. The Morgan fingerprint density at radius 2 is 2.55 bits per heavy atom. The molecule has 64 valence electrons. The smallest absolute Gasteiger partial charge is 0.199 e. The number of rotatable bonds is 3. The number of ether oxygens (including phenoxy) is 2. The summed E-state index contributed by atoms with van der Waals surface area (Å²) in [6.07, 6.45) is 7.17. The van der Waals surface area contributed by atoms with Gasteiger partial charge in [0.25, 0.3) is 0 Å². The van der Waals surface area contributed by atoms with Crippen molar-refractivity contribution >= 4 is 0 Å². The zero-order chi connectivity index (χ0) is 8.10. The Labute approximate surface area is 68.2 Å². The lowest BCUT2D eigenvalue weighted by molar-refractivity contribution is -0.143. The van der Waals surface area contributed by atoms with Gasteiger partial charge < -0.3 is 9.47 Å². The zero-order valence-corrected chi connectivity index (χ0v) is 7.25. The van der Waals surface area contributed by atoms with E-state index in [4.69, 9.17) is 9.47 Å². The van der Waals surface area contributed by atoms with E-state index in [1.807, 2.05) is 6.08 Å². The van der Waals surface area contributed by atoms with Crippen LogP contribution in [0.5, 0.6) is 0 Å². The summed E-state index contributed by atoms with van der Waals surface area (Å²) in [6, 6.07) is 0. The molecular formula is C9H16O2. The van der Waals surface area contributed by atoms with Crippen molar-refractivity contribution < 1.29 is 9.47 Å². The van der Waals surface area contributed by atoms with Crippen molar-refractivity contribution in [2.45, 2.75) is 45.5 Å². The molecule has 1 heterocycles. The van der Waals surface area contributed by atoms with Crippen molar-refractivity contribution in [2.75, 3.05) is 0 Å². The molecule has 1 aliphatic rings. The third kappa shape index (κ3) is 2.93. The van der Waals surface area contributed by atoms with Gasteiger partial charge in [-0.05, 0) is 25.8 Å². The van der Waals surface area contributed by atoms with E-state index in [0.717, 1.165) is 19.3 Å². The van der Waals surface area contributed by atoms with Gasteiger partial charge in [-0.3, -0.25) is 0 Å². The average molecular weight is 156 g/mol. The summed E-state index contributed by atoms with van der Waals surface area (Å²) >= 11 is 0. The van der Waals surface area contributed by atoms with Gasteiger partial charge in [0, 0.05) is 6.42 Å². The third-order valence-corrected chi connectivity index (χ3v) is 1.85. The molecule has 0 aliphatic carbocycles. The summed E-state index contributed by atoms with van der Waals surface area (Å²) in [5.74, 6) is 0. The largest absolute Gasteiger partial charge is 0.473 e. The summed E-state index contributed by atoms with van der Waals surface area (Å²) in [5.41, 5.74) is 0. The van der Waals surface area contributed by atoms with E-state index in [9.17, 15) is 0 Å². The van der Waals surface area contributed by atoms with Crippen LogP contribution in [0.25, 0.3) is 0 Å². The fourth-order valence-electron chi connectivity index (χ4n) is 0.967. The molecule has 0 aromatic rings. The fraction of sp³-hybridized carbons (Fsp3) is 0.778. The Hall–Kier alpha value is -0.500. The Morgan fingerprint density at radius 1 is 1.73 bits per heavy atom. The minimum Gasteiger partial charge on any atom is -0.473 e. The molecule has 0 saturated carbocycles. The second-order valence-corrected chi connectivity index (χ2v) is 2.87. The van der Waals surface area contributed by atoms with Crippen molar-refractivity contribution in [3.8, 4) is 0 Å². The second kappa shape index (κ2) is 4.39. The molecule has 0 spiro atoms. The van der Waals surface area contributed by atoms with Gasteiger partial charge in [-0.15, -0.1) is 0 Å². The molecule has 11 heavy (non-hydrogen) atoms. The Morgan fingerprint density at radius 3 is 3.09 bits per heavy atom. The molecule has 2 heteroatoms. The van der Waals surface area contributed by atoms with Gasteiger partial charge in [-0.2, -0.15) is 0 Å². The van der Waals surface area contributed by atoms with Gasteiger partial charge in [0.2, 0.25) is 0 Å². The standard InChI is InChI=1S/C9H16O2/c1-3-8(2)11-9-6-4-5-7-10-9/h5,7-9H,3-4,6H2,1-2H3. The molecule has 2 nitrogen and oxygen atoms in total. The predicted octanol–water partition coefficient (Wildman–Crippen LogP) is 2.45. The number of hydrogen-bond donors (Lipinski definition) is 0. The molecule has 1 aliphatic heterocycles. The van der Waals surface area contributed by atoms with Crippen LogP contribution >= 0.6 is 0 Å². The first-order chi connectivity index (χ1) is 5.33. The lowest BCUT2D eigenvalue weighted by Gasteiger charge is -2.22. The number of allylic oxidation sites excluding steroid dienone is 1. The van der Waals surface area contributed by atoms with Crippen molar-refractivity contribution in [1.82, 2.24) is 0 Å². The monoisotopic (exact) mass is 156 g/mol. The highest BCUT2D eigenvalue weighted by Crippen LogP contribution is 2.14. The first-order valence-corrected chi connectivity index (χ1v) is 4.29. The van der Waals surface area contributed by atoms with E-state index in [1.54, 1.807) is 6.26 Å². The van der Waals surface area contributed by atoms with Crippen LogP contribution in [0.4, 0.5) is 0 Å². The Bertz CT molecular complexity index is 132. The summed E-state index contributed by atoms with van der Waals surface area (Å²) in [4.78, 5) is 0. The van der Waals surface area contributed by atoms with E-state index in [2.05, 4.69) is 13.8 Å². The van der Waals surface area contributed by atoms with Crippen molar-refractivity contribution in [3.05, 3.63) is 12.3 Å². The maximum Gasteiger partial charge on any atom is 0.199 e. The van der Waals surface area contributed by atoms with Gasteiger partial charge >= 0.3 is 0 Å². The van der Waals surface area contributed by atoms with E-state index in [-0.39, 0.29) is 6.29 Å². The first kappa shape index (κ1) is 8.60. The van der Waals surface area contributed by atoms with Crippen molar-refractivity contribution in [1.29, 1.82) is 0 Å². The first-order valence-electron chi connectivity index (χ1n) is 4.29. The molecule has 0 amide bonds. The molecular weight excluding hydrogens is 140 g/mol. The van der Waals surface area contributed by atoms with Crippen molar-refractivity contribution in [3.63, 3.8) is 0 Å². The highest BCUT2D eigenvalue weighted by Gasteiger charge is 2.13. The molecule has 2 atom stereocenters. The maximum absolute atomic E-state index is 5.57. The maximum atomic E-state index is 5.57. The van der Waals surface area contributed by atoms with Gasteiger partial charge in [-0.25, -0.2) is 0 Å². The van der Waals surface area contributed by atoms with Gasteiger partial charge in [0.15, 0.2) is 6.29 Å². The zero-order valence-electron chi connectivity index (χ0n) is 7.25. The SMILES string of the molecule is CCC(C)OC1CCC=CO1. The van der Waals surface area contributed by atoms with E-state index in [1.165, 1.54) is 0 Å².